The topological polar surface area (TPSA) is 63.1 Å². The van der Waals surface area contributed by atoms with Gasteiger partial charge in [0.05, 0.1) is 17.5 Å². The van der Waals surface area contributed by atoms with Crippen molar-refractivity contribution in [3.63, 3.8) is 0 Å². The minimum atomic E-state index is -0.0533. The molecule has 0 aliphatic carbocycles. The first kappa shape index (κ1) is 19.3. The van der Waals surface area contributed by atoms with Crippen molar-refractivity contribution in [1.82, 2.24) is 25.0 Å². The molecule has 0 radical (unpaired) electrons. The number of amides is 1. The Labute approximate surface area is 171 Å². The Bertz CT molecular complexity index is 952. The SMILES string of the molecule is CC(C)c1c(C(=O)N[C@@H]2CCN(Cc3ccccc3)C2)cnn1-c1ccccn1. The van der Waals surface area contributed by atoms with Crippen LogP contribution in [0.2, 0.25) is 0 Å². The number of hydrogen-bond acceptors (Lipinski definition) is 4. The van der Waals surface area contributed by atoms with E-state index in [0.29, 0.717) is 5.56 Å². The summed E-state index contributed by atoms with van der Waals surface area (Å²) in [6, 6.07) is 16.3. The van der Waals surface area contributed by atoms with Gasteiger partial charge in [0.1, 0.15) is 0 Å². The van der Waals surface area contributed by atoms with E-state index < -0.39 is 0 Å². The lowest BCUT2D eigenvalue weighted by atomic mass is 10.0. The molecule has 6 nitrogen and oxygen atoms in total. The summed E-state index contributed by atoms with van der Waals surface area (Å²) < 4.78 is 1.77. The van der Waals surface area contributed by atoms with Gasteiger partial charge in [0.2, 0.25) is 0 Å². The number of carbonyl (C=O) groups excluding carboxylic acids is 1. The third-order valence-electron chi connectivity index (χ3n) is 5.32. The molecule has 0 saturated carbocycles. The van der Waals surface area contributed by atoms with Gasteiger partial charge >= 0.3 is 0 Å². The van der Waals surface area contributed by atoms with E-state index >= 15 is 0 Å². The molecule has 150 valence electrons. The Kier molecular flexibility index (Phi) is 5.71. The summed E-state index contributed by atoms with van der Waals surface area (Å²) in [6.45, 7) is 6.92. The summed E-state index contributed by atoms with van der Waals surface area (Å²) >= 11 is 0. The Morgan fingerprint density at radius 2 is 1.97 bits per heavy atom. The molecular weight excluding hydrogens is 362 g/mol. The van der Waals surface area contributed by atoms with Gasteiger partial charge in [0.15, 0.2) is 5.82 Å². The molecule has 4 rings (SSSR count). The third kappa shape index (κ3) is 4.38. The standard InChI is InChI=1S/C23H27N5O/c1-17(2)22-20(14-25-28(22)21-10-6-7-12-24-21)23(29)26-19-11-13-27(16-19)15-18-8-4-3-5-9-18/h3-10,12,14,17,19H,11,13,15-16H2,1-2H3,(H,26,29)/t19-/m1/s1. The van der Waals surface area contributed by atoms with Crippen molar-refractivity contribution < 1.29 is 4.79 Å². The number of nitrogens with one attached hydrogen (secondary N) is 1. The summed E-state index contributed by atoms with van der Waals surface area (Å²) in [7, 11) is 0. The first-order valence-corrected chi connectivity index (χ1v) is 10.2. The van der Waals surface area contributed by atoms with E-state index in [-0.39, 0.29) is 17.9 Å². The minimum absolute atomic E-state index is 0.0533. The van der Waals surface area contributed by atoms with Gasteiger partial charge in [-0.3, -0.25) is 9.69 Å². The second-order valence-corrected chi connectivity index (χ2v) is 7.88. The van der Waals surface area contributed by atoms with Crippen LogP contribution >= 0.6 is 0 Å². The number of likely N-dealkylation sites (tertiary alicyclic amines) is 1. The van der Waals surface area contributed by atoms with E-state index in [2.05, 4.69) is 58.4 Å². The van der Waals surface area contributed by atoms with Crippen LogP contribution in [-0.4, -0.2) is 44.7 Å². The summed E-state index contributed by atoms with van der Waals surface area (Å²) in [6.07, 6.45) is 4.36. The lowest BCUT2D eigenvalue weighted by Gasteiger charge is -2.17. The van der Waals surface area contributed by atoms with Gasteiger partial charge in [-0.05, 0) is 30.0 Å². The average Bonchev–Trinajstić information content (AvgIpc) is 3.36. The molecular formula is C23H27N5O. The van der Waals surface area contributed by atoms with Crippen molar-refractivity contribution in [2.75, 3.05) is 13.1 Å². The van der Waals surface area contributed by atoms with E-state index in [1.165, 1.54) is 5.56 Å². The van der Waals surface area contributed by atoms with Crippen LogP contribution in [0, 0.1) is 0 Å². The molecule has 2 aromatic heterocycles. The summed E-state index contributed by atoms with van der Waals surface area (Å²) in [5.41, 5.74) is 2.82. The molecule has 0 spiro atoms. The number of nitrogens with zero attached hydrogens (tertiary/aromatic N) is 4. The smallest absolute Gasteiger partial charge is 0.255 e. The van der Waals surface area contributed by atoms with Gasteiger partial charge in [-0.2, -0.15) is 5.10 Å². The molecule has 6 heteroatoms. The van der Waals surface area contributed by atoms with Gasteiger partial charge in [-0.1, -0.05) is 50.2 Å². The predicted octanol–water partition coefficient (Wildman–Crippen LogP) is 3.40. The quantitative estimate of drug-likeness (QED) is 0.702. The lowest BCUT2D eigenvalue weighted by Crippen LogP contribution is -2.37. The van der Waals surface area contributed by atoms with Crippen LogP contribution in [0.15, 0.2) is 60.9 Å². The Balaban J connectivity index is 1.45. The van der Waals surface area contributed by atoms with Crippen LogP contribution in [0.3, 0.4) is 0 Å². The molecule has 1 aliphatic rings. The van der Waals surface area contributed by atoms with E-state index in [0.717, 1.165) is 37.6 Å². The third-order valence-corrected chi connectivity index (χ3v) is 5.32. The van der Waals surface area contributed by atoms with E-state index in [1.807, 2.05) is 24.3 Å². The molecule has 1 aliphatic heterocycles. The van der Waals surface area contributed by atoms with Gasteiger partial charge in [0, 0.05) is 31.9 Å². The number of rotatable bonds is 6. The van der Waals surface area contributed by atoms with Crippen molar-refractivity contribution >= 4 is 5.91 Å². The van der Waals surface area contributed by atoms with Crippen LogP contribution in [0.1, 0.15) is 47.8 Å². The zero-order valence-corrected chi connectivity index (χ0v) is 17.0. The zero-order chi connectivity index (χ0) is 20.2. The molecule has 1 fully saturated rings. The highest BCUT2D eigenvalue weighted by Crippen LogP contribution is 2.23. The molecule has 1 aromatic carbocycles. The molecule has 0 unspecified atom stereocenters. The minimum Gasteiger partial charge on any atom is -0.348 e. The summed E-state index contributed by atoms with van der Waals surface area (Å²) in [4.78, 5) is 19.8. The van der Waals surface area contributed by atoms with Crippen LogP contribution in [0.5, 0.6) is 0 Å². The number of carbonyl (C=O) groups is 1. The summed E-state index contributed by atoms with van der Waals surface area (Å²) in [5.74, 6) is 0.825. The van der Waals surface area contributed by atoms with Crippen LogP contribution in [-0.2, 0) is 6.54 Å². The van der Waals surface area contributed by atoms with Crippen LogP contribution in [0.25, 0.3) is 5.82 Å². The monoisotopic (exact) mass is 389 g/mol. The fourth-order valence-electron chi connectivity index (χ4n) is 3.95. The van der Waals surface area contributed by atoms with Crippen molar-refractivity contribution in [1.29, 1.82) is 0 Å². The molecule has 1 saturated heterocycles. The maximum atomic E-state index is 13.0. The molecule has 1 amide bonds. The van der Waals surface area contributed by atoms with Gasteiger partial charge in [-0.15, -0.1) is 0 Å². The number of aromatic nitrogens is 3. The second kappa shape index (κ2) is 8.57. The second-order valence-electron chi connectivity index (χ2n) is 7.88. The molecule has 3 aromatic rings. The predicted molar refractivity (Wildman–Crippen MR) is 113 cm³/mol. The van der Waals surface area contributed by atoms with Crippen LogP contribution in [0.4, 0.5) is 0 Å². The highest BCUT2D eigenvalue weighted by molar-refractivity contribution is 5.95. The molecule has 1 atom stereocenters. The lowest BCUT2D eigenvalue weighted by molar-refractivity contribution is 0.0936. The normalized spacial score (nSPS) is 17.0. The fourth-order valence-corrected chi connectivity index (χ4v) is 3.95. The Morgan fingerprint density at radius 3 is 2.69 bits per heavy atom. The number of hydrogen-bond donors (Lipinski definition) is 1. The van der Waals surface area contributed by atoms with E-state index in [9.17, 15) is 4.79 Å². The maximum Gasteiger partial charge on any atom is 0.255 e. The first-order chi connectivity index (χ1) is 14.1. The molecule has 1 N–H and O–H groups in total. The Morgan fingerprint density at radius 1 is 1.17 bits per heavy atom. The van der Waals surface area contributed by atoms with Crippen molar-refractivity contribution in [3.05, 3.63) is 77.7 Å². The van der Waals surface area contributed by atoms with Crippen molar-refractivity contribution in [2.45, 2.75) is 38.8 Å². The van der Waals surface area contributed by atoms with Crippen molar-refractivity contribution in [3.8, 4) is 5.82 Å². The highest BCUT2D eigenvalue weighted by Gasteiger charge is 2.27. The molecule has 29 heavy (non-hydrogen) atoms. The van der Waals surface area contributed by atoms with Gasteiger partial charge < -0.3 is 5.32 Å². The van der Waals surface area contributed by atoms with Crippen molar-refractivity contribution in [2.24, 2.45) is 0 Å². The largest absolute Gasteiger partial charge is 0.348 e. The van der Waals surface area contributed by atoms with E-state index in [4.69, 9.17) is 0 Å². The molecule has 0 bridgehead atoms. The molecule has 3 heterocycles. The number of pyridine rings is 1. The van der Waals surface area contributed by atoms with Gasteiger partial charge in [-0.25, -0.2) is 9.67 Å². The van der Waals surface area contributed by atoms with Crippen LogP contribution < -0.4 is 5.32 Å². The highest BCUT2D eigenvalue weighted by atomic mass is 16.1. The number of benzene rings is 1. The zero-order valence-electron chi connectivity index (χ0n) is 17.0. The van der Waals surface area contributed by atoms with E-state index in [1.54, 1.807) is 17.1 Å². The van der Waals surface area contributed by atoms with Gasteiger partial charge in [0.25, 0.3) is 5.91 Å². The Hall–Kier alpha value is -2.99. The maximum absolute atomic E-state index is 13.0. The summed E-state index contributed by atoms with van der Waals surface area (Å²) in [5, 5.41) is 7.67. The first-order valence-electron chi connectivity index (χ1n) is 10.2. The average molecular weight is 390 g/mol. The fraction of sp³-hybridized carbons (Fsp3) is 0.348.